The molecule has 34 heavy (non-hydrogen) atoms. The number of aryl methyl sites for hydroxylation is 1. The Morgan fingerprint density at radius 1 is 0.735 bits per heavy atom. The van der Waals surface area contributed by atoms with Gasteiger partial charge in [0.15, 0.2) is 0 Å². The number of benzene rings is 3. The van der Waals surface area contributed by atoms with E-state index in [-0.39, 0.29) is 11.9 Å². The minimum atomic E-state index is -0.475. The lowest BCUT2D eigenvalue weighted by molar-refractivity contribution is -0.137. The Bertz CT molecular complexity index is 1210. The van der Waals surface area contributed by atoms with E-state index in [1.807, 2.05) is 50.3 Å². The average Bonchev–Trinajstić information content (AvgIpc) is 2.83. The largest absolute Gasteiger partial charge is 0.426 e. The van der Waals surface area contributed by atoms with Crippen LogP contribution in [0.5, 0.6) is 11.5 Å². The van der Waals surface area contributed by atoms with Crippen LogP contribution in [0, 0.1) is 12.8 Å². The van der Waals surface area contributed by atoms with E-state index < -0.39 is 5.97 Å². The first-order chi connectivity index (χ1) is 16.3. The van der Waals surface area contributed by atoms with E-state index in [0.717, 1.165) is 33.9 Å². The molecule has 0 unspecified atom stereocenters. The molecule has 0 N–H and O–H groups in total. The van der Waals surface area contributed by atoms with Gasteiger partial charge in [-0.15, -0.1) is 0 Å². The van der Waals surface area contributed by atoms with Crippen molar-refractivity contribution in [3.63, 3.8) is 0 Å². The van der Waals surface area contributed by atoms with Crippen LogP contribution in [0.1, 0.15) is 41.7 Å². The smallest absolute Gasteiger partial charge is 0.335 e. The molecule has 0 spiro atoms. The summed E-state index contributed by atoms with van der Waals surface area (Å²) in [4.78, 5) is 23.0. The van der Waals surface area contributed by atoms with E-state index in [1.165, 1.54) is 0 Å². The average molecular weight is 453 g/mol. The predicted molar refractivity (Wildman–Crippen MR) is 138 cm³/mol. The van der Waals surface area contributed by atoms with E-state index in [4.69, 9.17) is 9.47 Å². The Balaban J connectivity index is 1.62. The normalized spacial score (nSPS) is 11.2. The fourth-order valence-corrected chi connectivity index (χ4v) is 3.05. The zero-order chi connectivity index (χ0) is 24.5. The molecule has 3 rings (SSSR count). The summed E-state index contributed by atoms with van der Waals surface area (Å²) in [6.45, 7) is 9.09. The second-order valence-corrected chi connectivity index (χ2v) is 8.12. The molecule has 0 fully saturated rings. The summed E-state index contributed by atoms with van der Waals surface area (Å²) >= 11 is 0. The first kappa shape index (κ1) is 24.5. The molecule has 0 bridgehead atoms. The van der Waals surface area contributed by atoms with Gasteiger partial charge in [0.05, 0.1) is 5.92 Å². The Hall–Kier alpha value is -4.18. The second kappa shape index (κ2) is 11.6. The van der Waals surface area contributed by atoms with E-state index in [1.54, 1.807) is 24.3 Å². The van der Waals surface area contributed by atoms with Crippen molar-refractivity contribution in [2.75, 3.05) is 0 Å². The lowest BCUT2D eigenvalue weighted by atomic mass is 10.0. The Morgan fingerprint density at radius 2 is 1.24 bits per heavy atom. The molecule has 0 aliphatic carbocycles. The molecule has 0 saturated carbocycles. The van der Waals surface area contributed by atoms with Crippen LogP contribution in [0.2, 0.25) is 0 Å². The number of carbonyl (C=O) groups is 2. The van der Waals surface area contributed by atoms with E-state index >= 15 is 0 Å². The number of esters is 2. The van der Waals surface area contributed by atoms with Crippen LogP contribution in [0.3, 0.4) is 0 Å². The van der Waals surface area contributed by atoms with Gasteiger partial charge in [0.1, 0.15) is 11.5 Å². The first-order valence-corrected chi connectivity index (χ1v) is 11.1. The maximum Gasteiger partial charge on any atom is 0.335 e. The molecular weight excluding hydrogens is 424 g/mol. The van der Waals surface area contributed by atoms with Crippen LogP contribution < -0.4 is 9.47 Å². The van der Waals surface area contributed by atoms with Gasteiger partial charge in [-0.05, 0) is 59.0 Å². The third-order valence-corrected chi connectivity index (χ3v) is 5.05. The number of hydrogen-bond acceptors (Lipinski definition) is 4. The third kappa shape index (κ3) is 7.17. The van der Waals surface area contributed by atoms with Gasteiger partial charge in [-0.2, -0.15) is 0 Å². The monoisotopic (exact) mass is 452 g/mol. The van der Waals surface area contributed by atoms with Crippen molar-refractivity contribution in [1.82, 2.24) is 0 Å². The Labute approximate surface area is 200 Å². The van der Waals surface area contributed by atoms with Crippen molar-refractivity contribution in [1.29, 1.82) is 0 Å². The van der Waals surface area contributed by atoms with Crippen molar-refractivity contribution < 1.29 is 19.1 Å². The number of carbonyl (C=O) groups excluding carboxylic acids is 2. The van der Waals surface area contributed by atoms with Gasteiger partial charge >= 0.3 is 11.9 Å². The highest BCUT2D eigenvalue weighted by Gasteiger charge is 2.09. The van der Waals surface area contributed by atoms with E-state index in [2.05, 4.69) is 43.9 Å². The van der Waals surface area contributed by atoms with Crippen molar-refractivity contribution >= 4 is 36.2 Å². The van der Waals surface area contributed by atoms with Crippen LogP contribution in [-0.2, 0) is 9.59 Å². The first-order valence-electron chi connectivity index (χ1n) is 11.1. The zero-order valence-electron chi connectivity index (χ0n) is 19.7. The highest BCUT2D eigenvalue weighted by Crippen LogP contribution is 2.20. The summed E-state index contributed by atoms with van der Waals surface area (Å²) in [6.07, 6.45) is 9.30. The van der Waals surface area contributed by atoms with Crippen LogP contribution in [0.25, 0.3) is 24.3 Å². The number of hydrogen-bond donors (Lipinski definition) is 0. The molecule has 4 nitrogen and oxygen atoms in total. The standard InChI is InChI=1S/C30H28O4/c1-5-29(31)33-27-16-10-24(11-17-27)8-14-26-15-9-25(20-22(26)4)7-6-23-12-18-28(19-13-23)34-30(32)21(2)3/h5-21H,1H2,2-4H3/b7-6+,14-8+. The van der Waals surface area contributed by atoms with Crippen molar-refractivity contribution in [3.8, 4) is 11.5 Å². The zero-order valence-corrected chi connectivity index (χ0v) is 19.7. The summed E-state index contributed by atoms with van der Waals surface area (Å²) in [7, 11) is 0. The molecule has 0 radical (unpaired) electrons. The molecule has 0 aliphatic heterocycles. The lowest BCUT2D eigenvalue weighted by Gasteiger charge is -2.06. The second-order valence-electron chi connectivity index (χ2n) is 8.12. The Morgan fingerprint density at radius 3 is 1.76 bits per heavy atom. The maximum atomic E-state index is 11.7. The fourth-order valence-electron chi connectivity index (χ4n) is 3.05. The van der Waals surface area contributed by atoms with Crippen LogP contribution in [0.15, 0.2) is 79.4 Å². The van der Waals surface area contributed by atoms with Crippen LogP contribution in [-0.4, -0.2) is 11.9 Å². The number of ether oxygens (including phenoxy) is 2. The summed E-state index contributed by atoms with van der Waals surface area (Å²) in [5.41, 5.74) is 5.40. The van der Waals surface area contributed by atoms with Crippen molar-refractivity contribution in [3.05, 3.63) is 107 Å². The summed E-state index contributed by atoms with van der Waals surface area (Å²) in [5.74, 6) is 0.169. The molecule has 172 valence electrons. The van der Waals surface area contributed by atoms with E-state index in [0.29, 0.717) is 11.5 Å². The maximum absolute atomic E-state index is 11.7. The Kier molecular flexibility index (Phi) is 8.36. The van der Waals surface area contributed by atoms with Gasteiger partial charge in [0.25, 0.3) is 0 Å². The minimum absolute atomic E-state index is 0.157. The summed E-state index contributed by atoms with van der Waals surface area (Å²) in [6, 6.07) is 21.0. The van der Waals surface area contributed by atoms with Crippen molar-refractivity contribution in [2.45, 2.75) is 20.8 Å². The molecule has 0 aromatic heterocycles. The molecule has 3 aromatic rings. The quantitative estimate of drug-likeness (QED) is 0.160. The molecule has 3 aromatic carbocycles. The van der Waals surface area contributed by atoms with Gasteiger partial charge in [-0.3, -0.25) is 4.79 Å². The summed E-state index contributed by atoms with van der Waals surface area (Å²) in [5, 5.41) is 0. The van der Waals surface area contributed by atoms with Gasteiger partial charge in [-0.1, -0.05) is 87.2 Å². The molecule has 0 saturated heterocycles. The minimum Gasteiger partial charge on any atom is -0.426 e. The van der Waals surface area contributed by atoms with Gasteiger partial charge in [0, 0.05) is 6.08 Å². The lowest BCUT2D eigenvalue weighted by Crippen LogP contribution is -2.14. The fraction of sp³-hybridized carbons (Fsp3) is 0.133. The highest BCUT2D eigenvalue weighted by atomic mass is 16.5. The molecule has 0 amide bonds. The third-order valence-electron chi connectivity index (χ3n) is 5.05. The SMILES string of the molecule is C=CC(=O)Oc1ccc(/C=C/c2ccc(/C=C/c3ccc(OC(=O)C(C)C)cc3)cc2C)cc1. The number of rotatable bonds is 8. The topological polar surface area (TPSA) is 52.6 Å². The highest BCUT2D eigenvalue weighted by molar-refractivity contribution is 5.83. The molecule has 0 heterocycles. The van der Waals surface area contributed by atoms with Gasteiger partial charge < -0.3 is 9.47 Å². The molecular formula is C30H28O4. The van der Waals surface area contributed by atoms with Gasteiger partial charge in [-0.25, -0.2) is 4.79 Å². The van der Waals surface area contributed by atoms with Crippen molar-refractivity contribution in [2.24, 2.45) is 5.92 Å². The van der Waals surface area contributed by atoms with E-state index in [9.17, 15) is 9.59 Å². The van der Waals surface area contributed by atoms with Crippen LogP contribution >= 0.6 is 0 Å². The molecule has 0 aliphatic rings. The predicted octanol–water partition coefficient (Wildman–Crippen LogP) is 6.99. The molecule has 4 heteroatoms. The molecule has 0 atom stereocenters. The van der Waals surface area contributed by atoms with Gasteiger partial charge in [0.2, 0.25) is 0 Å². The summed E-state index contributed by atoms with van der Waals surface area (Å²) < 4.78 is 10.4. The van der Waals surface area contributed by atoms with Crippen LogP contribution in [0.4, 0.5) is 0 Å².